The molecule has 8 heteroatoms. The number of nitrogens with one attached hydrogen (secondary N) is 2. The minimum absolute atomic E-state index is 0.0829. The molecule has 8 nitrogen and oxygen atoms in total. The molecule has 0 spiro atoms. The van der Waals surface area contributed by atoms with E-state index in [1.807, 2.05) is 13.8 Å². The summed E-state index contributed by atoms with van der Waals surface area (Å²) in [5.74, 6) is -0.250. The zero-order valence-electron chi connectivity index (χ0n) is 23.3. The Bertz CT molecular complexity index is 890. The average Bonchev–Trinajstić information content (AvgIpc) is 2.89. The van der Waals surface area contributed by atoms with Crippen LogP contribution in [0.25, 0.3) is 0 Å². The fraction of sp³-hybridized carbons (Fsp3) is 0.690. The van der Waals surface area contributed by atoms with Crippen LogP contribution >= 0.6 is 0 Å². The van der Waals surface area contributed by atoms with E-state index in [4.69, 9.17) is 4.74 Å². The highest BCUT2D eigenvalue weighted by Gasteiger charge is 2.28. The first-order valence-corrected chi connectivity index (χ1v) is 13.9. The highest BCUT2D eigenvalue weighted by Crippen LogP contribution is 2.23. The maximum atomic E-state index is 13.4. The van der Waals surface area contributed by atoms with Crippen LogP contribution in [0.15, 0.2) is 18.2 Å². The van der Waals surface area contributed by atoms with Gasteiger partial charge in [0.15, 0.2) is 0 Å². The molecule has 0 radical (unpaired) electrons. The largest absolute Gasteiger partial charge is 0.497 e. The molecule has 0 fully saturated rings. The van der Waals surface area contributed by atoms with E-state index in [9.17, 15) is 19.5 Å². The lowest BCUT2D eigenvalue weighted by molar-refractivity contribution is -0.125. The number of aliphatic hydroxyl groups is 1. The second-order valence-electron chi connectivity index (χ2n) is 10.5. The number of rotatable bonds is 9. The van der Waals surface area contributed by atoms with E-state index in [-0.39, 0.29) is 36.0 Å². The first kappa shape index (κ1) is 30.6. The van der Waals surface area contributed by atoms with Crippen molar-refractivity contribution in [1.29, 1.82) is 0 Å². The van der Waals surface area contributed by atoms with Gasteiger partial charge in [-0.25, -0.2) is 0 Å². The molecule has 2 bridgehead atoms. The predicted molar refractivity (Wildman–Crippen MR) is 146 cm³/mol. The monoisotopic (exact) mass is 517 g/mol. The molecule has 4 atom stereocenters. The fourth-order valence-electron chi connectivity index (χ4n) is 4.84. The molecule has 1 aliphatic rings. The van der Waals surface area contributed by atoms with Crippen LogP contribution in [0.2, 0.25) is 0 Å². The SMILES string of the molecule is CCCCNC(=O)C(C)CC(O)C1C[C@H](C)CCCCCN(CC)C(=O)c2cc(OC)cc(c2)C(=O)N1. The van der Waals surface area contributed by atoms with Crippen molar-refractivity contribution in [3.63, 3.8) is 0 Å². The topological polar surface area (TPSA) is 108 Å². The molecule has 1 heterocycles. The quantitative estimate of drug-likeness (QED) is 0.426. The van der Waals surface area contributed by atoms with Gasteiger partial charge in [-0.1, -0.05) is 46.5 Å². The summed E-state index contributed by atoms with van der Waals surface area (Å²) in [6.07, 6.45) is 5.79. The summed E-state index contributed by atoms with van der Waals surface area (Å²) in [7, 11) is 1.51. The van der Waals surface area contributed by atoms with E-state index in [0.717, 1.165) is 38.5 Å². The number of aliphatic hydroxyl groups excluding tert-OH is 1. The van der Waals surface area contributed by atoms with Gasteiger partial charge >= 0.3 is 0 Å². The molecule has 1 aliphatic heterocycles. The molecule has 3 N–H and O–H groups in total. The van der Waals surface area contributed by atoms with Crippen molar-refractivity contribution >= 4 is 17.7 Å². The Morgan fingerprint density at radius 3 is 2.59 bits per heavy atom. The number of hydrogen-bond donors (Lipinski definition) is 3. The lowest BCUT2D eigenvalue weighted by atomic mass is 9.89. The summed E-state index contributed by atoms with van der Waals surface area (Å²) < 4.78 is 5.39. The maximum Gasteiger partial charge on any atom is 0.254 e. The Labute approximate surface area is 222 Å². The summed E-state index contributed by atoms with van der Waals surface area (Å²) in [4.78, 5) is 40.9. The number of fused-ring (bicyclic) bond motifs is 2. The Morgan fingerprint density at radius 1 is 1.19 bits per heavy atom. The zero-order valence-corrected chi connectivity index (χ0v) is 23.3. The van der Waals surface area contributed by atoms with Crippen LogP contribution in [0.4, 0.5) is 0 Å². The lowest BCUT2D eigenvalue weighted by Crippen LogP contribution is -2.46. The molecule has 1 aromatic rings. The fourth-order valence-corrected chi connectivity index (χ4v) is 4.84. The number of unbranched alkanes of at least 4 members (excludes halogenated alkanes) is 1. The van der Waals surface area contributed by atoms with Crippen LogP contribution in [0.5, 0.6) is 5.75 Å². The number of ether oxygens (including phenoxy) is 1. The molecular formula is C29H47N3O5. The van der Waals surface area contributed by atoms with Gasteiger partial charge in [0.25, 0.3) is 11.8 Å². The number of carbonyl (C=O) groups is 3. The smallest absolute Gasteiger partial charge is 0.254 e. The van der Waals surface area contributed by atoms with E-state index in [1.165, 1.54) is 7.11 Å². The van der Waals surface area contributed by atoms with Crippen molar-refractivity contribution in [2.24, 2.45) is 11.8 Å². The Morgan fingerprint density at radius 2 is 1.92 bits per heavy atom. The Kier molecular flexibility index (Phi) is 12.9. The van der Waals surface area contributed by atoms with Crippen LogP contribution in [-0.4, -0.2) is 66.6 Å². The highest BCUT2D eigenvalue weighted by molar-refractivity contribution is 6.00. The van der Waals surface area contributed by atoms with Crippen LogP contribution in [-0.2, 0) is 4.79 Å². The normalized spacial score (nSPS) is 21.3. The number of carbonyl (C=O) groups excluding carboxylic acids is 3. The van der Waals surface area contributed by atoms with Gasteiger partial charge in [0.2, 0.25) is 5.91 Å². The summed E-state index contributed by atoms with van der Waals surface area (Å²) in [5.41, 5.74) is 0.716. The minimum Gasteiger partial charge on any atom is -0.497 e. The summed E-state index contributed by atoms with van der Waals surface area (Å²) in [6.45, 7) is 9.85. The second kappa shape index (κ2) is 15.6. The van der Waals surface area contributed by atoms with Gasteiger partial charge < -0.3 is 25.4 Å². The predicted octanol–water partition coefficient (Wildman–Crippen LogP) is 4.16. The zero-order chi connectivity index (χ0) is 27.4. The Hall–Kier alpha value is -2.61. The number of benzene rings is 1. The third-order valence-corrected chi connectivity index (χ3v) is 7.25. The minimum atomic E-state index is -0.878. The third-order valence-electron chi connectivity index (χ3n) is 7.25. The Balaban J connectivity index is 2.29. The molecule has 0 aromatic heterocycles. The van der Waals surface area contributed by atoms with E-state index in [0.29, 0.717) is 42.9 Å². The first-order valence-electron chi connectivity index (χ1n) is 13.9. The van der Waals surface area contributed by atoms with Crippen LogP contribution < -0.4 is 15.4 Å². The van der Waals surface area contributed by atoms with Gasteiger partial charge in [-0.3, -0.25) is 14.4 Å². The van der Waals surface area contributed by atoms with Crippen molar-refractivity contribution < 1.29 is 24.2 Å². The maximum absolute atomic E-state index is 13.4. The highest BCUT2D eigenvalue weighted by atomic mass is 16.5. The van der Waals surface area contributed by atoms with Crippen molar-refractivity contribution in [3.8, 4) is 5.75 Å². The number of nitrogens with zero attached hydrogens (tertiary/aromatic N) is 1. The number of amides is 3. The van der Waals surface area contributed by atoms with Crippen molar-refractivity contribution in [2.75, 3.05) is 26.7 Å². The molecule has 3 unspecified atom stereocenters. The van der Waals surface area contributed by atoms with Gasteiger partial charge in [0.1, 0.15) is 5.75 Å². The summed E-state index contributed by atoms with van der Waals surface area (Å²) >= 11 is 0. The van der Waals surface area contributed by atoms with E-state index in [2.05, 4.69) is 24.5 Å². The standard InChI is InChI=1S/C29H47N3O5/c1-6-8-13-30-27(34)21(4)16-26(33)25-15-20(3)12-10-9-11-14-32(7-2)29(36)23-17-22(28(35)31-25)18-24(19-23)37-5/h17-21,25-26,33H,6-16H2,1-5H3,(H,30,34)(H,31,35)/t20-,21?,25?,26?/m1/s1. The first-order chi connectivity index (χ1) is 17.7. The lowest BCUT2D eigenvalue weighted by Gasteiger charge is -2.28. The summed E-state index contributed by atoms with van der Waals surface area (Å²) in [6, 6.07) is 4.35. The van der Waals surface area contributed by atoms with Gasteiger partial charge in [0.05, 0.1) is 19.3 Å². The molecule has 2 rings (SSSR count). The second-order valence-corrected chi connectivity index (χ2v) is 10.5. The van der Waals surface area contributed by atoms with Gasteiger partial charge in [-0.15, -0.1) is 0 Å². The molecule has 1 aromatic carbocycles. The molecule has 0 aliphatic carbocycles. The third kappa shape index (κ3) is 9.65. The van der Waals surface area contributed by atoms with Crippen LogP contribution in [0.1, 0.15) is 99.8 Å². The van der Waals surface area contributed by atoms with Crippen molar-refractivity contribution in [1.82, 2.24) is 15.5 Å². The van der Waals surface area contributed by atoms with Crippen LogP contribution in [0, 0.1) is 11.8 Å². The number of methoxy groups -OCH3 is 1. The molecular weight excluding hydrogens is 470 g/mol. The number of hydrogen-bond acceptors (Lipinski definition) is 5. The van der Waals surface area contributed by atoms with Crippen LogP contribution in [0.3, 0.4) is 0 Å². The van der Waals surface area contributed by atoms with E-state index < -0.39 is 12.1 Å². The molecule has 3 amide bonds. The van der Waals surface area contributed by atoms with Gasteiger partial charge in [-0.2, -0.15) is 0 Å². The van der Waals surface area contributed by atoms with E-state index >= 15 is 0 Å². The van der Waals surface area contributed by atoms with Crippen molar-refractivity contribution in [2.45, 2.75) is 91.2 Å². The summed E-state index contributed by atoms with van der Waals surface area (Å²) in [5, 5.41) is 17.1. The molecule has 0 saturated heterocycles. The van der Waals surface area contributed by atoms with Crippen molar-refractivity contribution in [3.05, 3.63) is 29.3 Å². The molecule has 208 valence electrons. The van der Waals surface area contributed by atoms with Gasteiger partial charge in [-0.05, 0) is 56.7 Å². The molecule has 37 heavy (non-hydrogen) atoms. The average molecular weight is 518 g/mol. The van der Waals surface area contributed by atoms with E-state index in [1.54, 1.807) is 23.1 Å². The van der Waals surface area contributed by atoms with Gasteiger partial charge in [0, 0.05) is 36.7 Å². The molecule has 0 saturated carbocycles.